The second-order valence-corrected chi connectivity index (χ2v) is 4.81. The molecule has 2 N–H and O–H groups in total. The van der Waals surface area contributed by atoms with E-state index in [1.807, 2.05) is 11.3 Å². The van der Waals surface area contributed by atoms with E-state index < -0.39 is 0 Å². The van der Waals surface area contributed by atoms with Crippen LogP contribution in [0.1, 0.15) is 4.88 Å². The minimum atomic E-state index is 0.761. The Balaban J connectivity index is 2.61. The van der Waals surface area contributed by atoms with Gasteiger partial charge in [0.05, 0.1) is 2.88 Å². The van der Waals surface area contributed by atoms with E-state index >= 15 is 0 Å². The van der Waals surface area contributed by atoms with Crippen LogP contribution in [-0.2, 0) is 6.42 Å². The van der Waals surface area contributed by atoms with Gasteiger partial charge < -0.3 is 5.73 Å². The fourth-order valence-corrected chi connectivity index (χ4v) is 2.40. The normalized spacial score (nSPS) is 10.0. The molecule has 0 atom stereocenters. The van der Waals surface area contributed by atoms with Gasteiger partial charge in [-0.25, -0.2) is 0 Å². The van der Waals surface area contributed by atoms with Crippen molar-refractivity contribution in [2.75, 3.05) is 6.54 Å². The number of halogens is 1. The molecule has 0 aliphatic heterocycles. The molecule has 50 valence electrons. The highest BCUT2D eigenvalue weighted by Gasteiger charge is 1.93. The molecule has 3 heteroatoms. The Kier molecular flexibility index (Phi) is 2.94. The Morgan fingerprint density at radius 2 is 2.33 bits per heavy atom. The first-order valence-corrected chi connectivity index (χ1v) is 4.66. The average molecular weight is 253 g/mol. The molecule has 0 saturated carbocycles. The molecule has 0 spiro atoms. The molecule has 1 rings (SSSR count). The van der Waals surface area contributed by atoms with Crippen LogP contribution in [0.4, 0.5) is 0 Å². The summed E-state index contributed by atoms with van der Waals surface area (Å²) in [7, 11) is 0. The van der Waals surface area contributed by atoms with Crippen LogP contribution in [0.2, 0.25) is 0 Å². The van der Waals surface area contributed by atoms with Crippen molar-refractivity contribution in [3.8, 4) is 0 Å². The SMILES string of the molecule is NCCc1ccc(I)s1. The molecule has 0 aliphatic carbocycles. The molecular weight excluding hydrogens is 245 g/mol. The molecule has 0 amide bonds. The van der Waals surface area contributed by atoms with Gasteiger partial charge >= 0.3 is 0 Å². The zero-order valence-corrected chi connectivity index (χ0v) is 7.91. The first-order chi connectivity index (χ1) is 4.33. The van der Waals surface area contributed by atoms with Crippen LogP contribution in [-0.4, -0.2) is 6.54 Å². The zero-order valence-electron chi connectivity index (χ0n) is 4.93. The van der Waals surface area contributed by atoms with Gasteiger partial charge in [-0.3, -0.25) is 0 Å². The summed E-state index contributed by atoms with van der Waals surface area (Å²) in [6.45, 7) is 0.761. The Bertz CT molecular complexity index is 185. The predicted octanol–water partition coefficient (Wildman–Crippen LogP) is 1.85. The highest BCUT2D eigenvalue weighted by atomic mass is 127. The number of hydrogen-bond donors (Lipinski definition) is 1. The third-order valence-corrected chi connectivity index (χ3v) is 2.97. The van der Waals surface area contributed by atoms with Crippen molar-refractivity contribution in [2.45, 2.75) is 6.42 Å². The quantitative estimate of drug-likeness (QED) is 0.800. The van der Waals surface area contributed by atoms with E-state index in [0.717, 1.165) is 13.0 Å². The molecule has 0 saturated heterocycles. The van der Waals surface area contributed by atoms with Crippen molar-refractivity contribution in [2.24, 2.45) is 5.73 Å². The molecule has 0 bridgehead atoms. The smallest absolute Gasteiger partial charge is 0.0656 e. The lowest BCUT2D eigenvalue weighted by molar-refractivity contribution is 0.989. The van der Waals surface area contributed by atoms with Gasteiger partial charge in [0, 0.05) is 4.88 Å². The molecule has 0 fully saturated rings. The number of nitrogens with two attached hydrogens (primary N) is 1. The molecule has 1 aromatic heterocycles. The molecule has 0 aromatic carbocycles. The minimum absolute atomic E-state index is 0.761. The van der Waals surface area contributed by atoms with Gasteiger partial charge in [-0.2, -0.15) is 0 Å². The van der Waals surface area contributed by atoms with Crippen LogP contribution in [0, 0.1) is 2.88 Å². The van der Waals surface area contributed by atoms with Gasteiger partial charge in [-0.15, -0.1) is 11.3 Å². The van der Waals surface area contributed by atoms with E-state index in [9.17, 15) is 0 Å². The van der Waals surface area contributed by atoms with E-state index in [2.05, 4.69) is 34.7 Å². The Morgan fingerprint density at radius 3 is 2.78 bits per heavy atom. The molecule has 9 heavy (non-hydrogen) atoms. The highest BCUT2D eigenvalue weighted by molar-refractivity contribution is 14.1. The van der Waals surface area contributed by atoms with Gasteiger partial charge in [-0.1, -0.05) is 0 Å². The van der Waals surface area contributed by atoms with Gasteiger partial charge in [0.1, 0.15) is 0 Å². The van der Waals surface area contributed by atoms with Gasteiger partial charge in [0.2, 0.25) is 0 Å². The van der Waals surface area contributed by atoms with Crippen LogP contribution >= 0.6 is 33.9 Å². The van der Waals surface area contributed by atoms with E-state index in [1.54, 1.807) is 0 Å². The molecule has 0 aliphatic rings. The third kappa shape index (κ3) is 2.23. The Labute approximate surface area is 72.4 Å². The fraction of sp³-hybridized carbons (Fsp3) is 0.333. The van der Waals surface area contributed by atoms with Crippen molar-refractivity contribution in [3.05, 3.63) is 19.9 Å². The third-order valence-electron chi connectivity index (χ3n) is 1.02. The van der Waals surface area contributed by atoms with Crippen molar-refractivity contribution in [1.29, 1.82) is 0 Å². The van der Waals surface area contributed by atoms with Gasteiger partial charge in [-0.05, 0) is 47.7 Å². The maximum absolute atomic E-state index is 5.37. The van der Waals surface area contributed by atoms with Crippen molar-refractivity contribution >= 4 is 33.9 Å². The summed E-state index contributed by atoms with van der Waals surface area (Å²) in [5, 5.41) is 0. The molecule has 1 heterocycles. The first-order valence-electron chi connectivity index (χ1n) is 2.77. The zero-order chi connectivity index (χ0) is 6.69. The fourth-order valence-electron chi connectivity index (χ4n) is 0.628. The number of thiophene rings is 1. The van der Waals surface area contributed by atoms with Crippen LogP contribution in [0.15, 0.2) is 12.1 Å². The predicted molar refractivity (Wildman–Crippen MR) is 49.8 cm³/mol. The van der Waals surface area contributed by atoms with E-state index in [-0.39, 0.29) is 0 Å². The summed E-state index contributed by atoms with van der Waals surface area (Å²) < 4.78 is 1.34. The molecule has 0 radical (unpaired) electrons. The lowest BCUT2D eigenvalue weighted by Gasteiger charge is -1.86. The number of hydrogen-bond acceptors (Lipinski definition) is 2. The maximum atomic E-state index is 5.37. The largest absolute Gasteiger partial charge is 0.330 e. The lowest BCUT2D eigenvalue weighted by Crippen LogP contribution is -2.00. The standard InChI is InChI=1S/C6H8INS/c7-6-2-1-5(9-6)3-4-8/h1-2H,3-4,8H2. The summed E-state index contributed by atoms with van der Waals surface area (Å²) in [5.74, 6) is 0. The molecule has 0 unspecified atom stereocenters. The Hall–Kier alpha value is 0.390. The monoisotopic (exact) mass is 253 g/mol. The second kappa shape index (κ2) is 3.53. The summed E-state index contributed by atoms with van der Waals surface area (Å²) in [6.07, 6.45) is 1.02. The molecule has 1 nitrogen and oxygen atoms in total. The van der Waals surface area contributed by atoms with Crippen LogP contribution in [0.5, 0.6) is 0 Å². The van der Waals surface area contributed by atoms with Crippen LogP contribution in [0.25, 0.3) is 0 Å². The van der Waals surface area contributed by atoms with Crippen molar-refractivity contribution < 1.29 is 0 Å². The van der Waals surface area contributed by atoms with Gasteiger partial charge in [0.25, 0.3) is 0 Å². The lowest BCUT2D eigenvalue weighted by atomic mass is 10.3. The summed E-state index contributed by atoms with van der Waals surface area (Å²) in [4.78, 5) is 1.39. The van der Waals surface area contributed by atoms with Gasteiger partial charge in [0.15, 0.2) is 0 Å². The van der Waals surface area contributed by atoms with E-state index in [1.165, 1.54) is 7.76 Å². The van der Waals surface area contributed by atoms with Crippen LogP contribution < -0.4 is 5.73 Å². The van der Waals surface area contributed by atoms with E-state index in [0.29, 0.717) is 0 Å². The average Bonchev–Trinajstić information content (AvgIpc) is 2.17. The summed E-state index contributed by atoms with van der Waals surface area (Å²) >= 11 is 4.14. The topological polar surface area (TPSA) is 26.0 Å². The summed E-state index contributed by atoms with van der Waals surface area (Å²) in [5.41, 5.74) is 5.37. The van der Waals surface area contributed by atoms with Crippen LogP contribution in [0.3, 0.4) is 0 Å². The molecular formula is C6H8INS. The van der Waals surface area contributed by atoms with Crippen molar-refractivity contribution in [1.82, 2.24) is 0 Å². The Morgan fingerprint density at radius 1 is 1.56 bits per heavy atom. The highest BCUT2D eigenvalue weighted by Crippen LogP contribution is 2.17. The first kappa shape index (κ1) is 7.50. The second-order valence-electron chi connectivity index (χ2n) is 1.74. The van der Waals surface area contributed by atoms with E-state index in [4.69, 9.17) is 5.73 Å². The maximum Gasteiger partial charge on any atom is 0.0656 e. The van der Waals surface area contributed by atoms with Crippen molar-refractivity contribution in [3.63, 3.8) is 0 Å². The minimum Gasteiger partial charge on any atom is -0.330 e. The summed E-state index contributed by atoms with van der Waals surface area (Å²) in [6, 6.07) is 4.26. The molecule has 1 aromatic rings. The number of rotatable bonds is 2.